The number of carbonyl (C=O) groups is 2. The molecule has 0 spiro atoms. The number of carboxylic acids is 1. The number of amides is 1. The minimum Gasteiger partial charge on any atom is -0.490 e. The van der Waals surface area contributed by atoms with Crippen LogP contribution in [-0.4, -0.2) is 57.1 Å². The number of hydrogen-bond donors (Lipinski definition) is 2. The first-order valence-electron chi connectivity index (χ1n) is 7.15. The quantitative estimate of drug-likeness (QED) is 0.725. The van der Waals surface area contributed by atoms with E-state index < -0.39 is 11.9 Å². The molecule has 126 valence electrons. The molecule has 1 amide bonds. The molecule has 0 atom stereocenters. The van der Waals surface area contributed by atoms with Crippen molar-refractivity contribution in [3.63, 3.8) is 0 Å². The molecule has 1 aromatic rings. The van der Waals surface area contributed by atoms with E-state index in [1.54, 1.807) is 0 Å². The summed E-state index contributed by atoms with van der Waals surface area (Å²) in [6.45, 7) is 1.36. The predicted molar refractivity (Wildman–Crippen MR) is 80.3 cm³/mol. The van der Waals surface area contributed by atoms with E-state index in [1.165, 1.54) is 19.2 Å². The summed E-state index contributed by atoms with van der Waals surface area (Å²) in [5, 5.41) is 11.8. The second kappa shape index (κ2) is 8.35. The Morgan fingerprint density at radius 2 is 1.91 bits per heavy atom. The molecule has 0 unspecified atom stereocenters. The zero-order valence-corrected chi connectivity index (χ0v) is 12.8. The van der Waals surface area contributed by atoms with Gasteiger partial charge in [0.1, 0.15) is 6.61 Å². The largest absolute Gasteiger partial charge is 0.490 e. The molecule has 1 aliphatic heterocycles. The van der Waals surface area contributed by atoms with Crippen LogP contribution in [0.3, 0.4) is 0 Å². The van der Waals surface area contributed by atoms with Crippen LogP contribution in [0.15, 0.2) is 12.1 Å². The van der Waals surface area contributed by atoms with Gasteiger partial charge in [0.2, 0.25) is 5.91 Å². The van der Waals surface area contributed by atoms with Crippen LogP contribution in [0.25, 0.3) is 0 Å². The first-order chi connectivity index (χ1) is 11.1. The molecule has 0 fully saturated rings. The lowest BCUT2D eigenvalue weighted by molar-refractivity contribution is -0.121. The smallest absolute Gasteiger partial charge is 0.337 e. The predicted octanol–water partition coefficient (Wildman–Crippen LogP) is 1.15. The Bertz CT molecular complexity index is 573. The van der Waals surface area contributed by atoms with Crippen molar-refractivity contribution in [2.75, 3.05) is 45.5 Å². The maximum absolute atomic E-state index is 11.8. The van der Waals surface area contributed by atoms with Crippen molar-refractivity contribution in [3.8, 4) is 11.5 Å². The van der Waals surface area contributed by atoms with Crippen LogP contribution in [0.2, 0.25) is 0 Å². The highest BCUT2D eigenvalue weighted by molar-refractivity contribution is 6.01. The molecule has 1 aromatic carbocycles. The number of fused-ring (bicyclic) bond motifs is 1. The van der Waals surface area contributed by atoms with E-state index in [2.05, 4.69) is 5.32 Å². The number of anilines is 1. The zero-order valence-electron chi connectivity index (χ0n) is 12.8. The van der Waals surface area contributed by atoms with Crippen LogP contribution in [0, 0.1) is 0 Å². The number of aromatic carboxylic acids is 1. The van der Waals surface area contributed by atoms with Gasteiger partial charge in [-0.15, -0.1) is 0 Å². The maximum Gasteiger partial charge on any atom is 0.337 e. The van der Waals surface area contributed by atoms with Crippen molar-refractivity contribution in [3.05, 3.63) is 17.7 Å². The highest BCUT2D eigenvalue weighted by Gasteiger charge is 2.20. The molecule has 1 heterocycles. The summed E-state index contributed by atoms with van der Waals surface area (Å²) in [6.07, 6.45) is 0.701. The first-order valence-corrected chi connectivity index (χ1v) is 7.15. The van der Waals surface area contributed by atoms with Gasteiger partial charge >= 0.3 is 5.97 Å². The molecule has 0 bridgehead atoms. The van der Waals surface area contributed by atoms with Gasteiger partial charge in [-0.05, 0) is 0 Å². The lowest BCUT2D eigenvalue weighted by Crippen LogP contribution is -2.21. The lowest BCUT2D eigenvalue weighted by Gasteiger charge is -2.13. The lowest BCUT2D eigenvalue weighted by atomic mass is 10.1. The zero-order chi connectivity index (χ0) is 16.7. The molecule has 1 aliphatic rings. The van der Waals surface area contributed by atoms with Crippen molar-refractivity contribution in [1.82, 2.24) is 0 Å². The third kappa shape index (κ3) is 4.83. The molecule has 0 radical (unpaired) electrons. The number of benzene rings is 1. The second-order valence-electron chi connectivity index (χ2n) is 4.79. The normalized spacial score (nSPS) is 13.3. The van der Waals surface area contributed by atoms with Crippen LogP contribution < -0.4 is 14.8 Å². The van der Waals surface area contributed by atoms with E-state index in [0.29, 0.717) is 37.7 Å². The second-order valence-corrected chi connectivity index (χ2v) is 4.79. The van der Waals surface area contributed by atoms with E-state index >= 15 is 0 Å². The van der Waals surface area contributed by atoms with Gasteiger partial charge in [-0.25, -0.2) is 4.79 Å². The topological polar surface area (TPSA) is 103 Å². The summed E-state index contributed by atoms with van der Waals surface area (Å²) < 4.78 is 20.9. The van der Waals surface area contributed by atoms with Gasteiger partial charge in [-0.3, -0.25) is 4.79 Å². The highest BCUT2D eigenvalue weighted by Crippen LogP contribution is 2.35. The van der Waals surface area contributed by atoms with Gasteiger partial charge in [0.25, 0.3) is 0 Å². The SMILES string of the molecule is COCCOCC(=O)Nc1cc2c(cc1C(=O)O)OCCCO2. The van der Waals surface area contributed by atoms with E-state index in [0.717, 1.165) is 0 Å². The molecule has 2 rings (SSSR count). The highest BCUT2D eigenvalue weighted by atomic mass is 16.5. The number of carboxylic acid groups (broad SMARTS) is 1. The van der Waals surface area contributed by atoms with E-state index in [-0.39, 0.29) is 24.5 Å². The third-order valence-corrected chi connectivity index (χ3v) is 3.06. The fourth-order valence-corrected chi connectivity index (χ4v) is 1.98. The molecule has 0 saturated carbocycles. The molecule has 0 saturated heterocycles. The summed E-state index contributed by atoms with van der Waals surface area (Å²) in [4.78, 5) is 23.2. The summed E-state index contributed by atoms with van der Waals surface area (Å²) in [6, 6.07) is 2.81. The van der Waals surface area contributed by atoms with Crippen molar-refractivity contribution >= 4 is 17.6 Å². The van der Waals surface area contributed by atoms with Crippen LogP contribution >= 0.6 is 0 Å². The van der Waals surface area contributed by atoms with Gasteiger partial charge in [-0.1, -0.05) is 0 Å². The fraction of sp³-hybridized carbons (Fsp3) is 0.467. The number of hydrogen-bond acceptors (Lipinski definition) is 6. The van der Waals surface area contributed by atoms with Gasteiger partial charge in [0.15, 0.2) is 11.5 Å². The number of methoxy groups -OCH3 is 1. The Morgan fingerprint density at radius 3 is 2.57 bits per heavy atom. The van der Waals surface area contributed by atoms with Gasteiger partial charge in [0, 0.05) is 25.7 Å². The molecule has 0 aliphatic carbocycles. The van der Waals surface area contributed by atoms with Gasteiger partial charge in [-0.2, -0.15) is 0 Å². The number of ether oxygens (including phenoxy) is 4. The molecule has 8 nitrogen and oxygen atoms in total. The van der Waals surface area contributed by atoms with E-state index in [4.69, 9.17) is 18.9 Å². The van der Waals surface area contributed by atoms with E-state index in [1.807, 2.05) is 0 Å². The Morgan fingerprint density at radius 1 is 1.22 bits per heavy atom. The molecule has 8 heteroatoms. The Hall–Kier alpha value is -2.32. The Kier molecular flexibility index (Phi) is 6.19. The van der Waals surface area contributed by atoms with Crippen molar-refractivity contribution < 1.29 is 33.6 Å². The average Bonchev–Trinajstić information content (AvgIpc) is 2.75. The molecular formula is C15H19NO7. The molecular weight excluding hydrogens is 306 g/mol. The first kappa shape index (κ1) is 17.0. The molecule has 0 aromatic heterocycles. The number of rotatable bonds is 7. The summed E-state index contributed by atoms with van der Waals surface area (Å²) in [7, 11) is 1.53. The summed E-state index contributed by atoms with van der Waals surface area (Å²) >= 11 is 0. The van der Waals surface area contributed by atoms with Crippen LogP contribution in [0.1, 0.15) is 16.8 Å². The van der Waals surface area contributed by atoms with Gasteiger partial charge in [0.05, 0.1) is 37.7 Å². The fourth-order valence-electron chi connectivity index (χ4n) is 1.98. The van der Waals surface area contributed by atoms with E-state index in [9.17, 15) is 14.7 Å². The van der Waals surface area contributed by atoms with Crippen molar-refractivity contribution in [2.24, 2.45) is 0 Å². The Balaban J connectivity index is 2.11. The number of nitrogens with one attached hydrogen (secondary N) is 1. The van der Waals surface area contributed by atoms with Gasteiger partial charge < -0.3 is 29.4 Å². The monoisotopic (exact) mass is 325 g/mol. The summed E-state index contributed by atoms with van der Waals surface area (Å²) in [5.41, 5.74) is 0.0709. The third-order valence-electron chi connectivity index (χ3n) is 3.06. The van der Waals surface area contributed by atoms with Crippen LogP contribution in [0.4, 0.5) is 5.69 Å². The minimum atomic E-state index is -1.17. The number of carbonyl (C=O) groups excluding carboxylic acids is 1. The Labute approximate surface area is 133 Å². The summed E-state index contributed by atoms with van der Waals surface area (Å²) in [5.74, 6) is -0.869. The van der Waals surface area contributed by atoms with Crippen molar-refractivity contribution in [2.45, 2.75) is 6.42 Å². The average molecular weight is 325 g/mol. The minimum absolute atomic E-state index is 0.0699. The van der Waals surface area contributed by atoms with Crippen LogP contribution in [0.5, 0.6) is 11.5 Å². The standard InChI is InChI=1S/C15H19NO7/c1-20-5-6-21-9-14(17)16-11-8-13-12(7-10(11)15(18)19)22-3-2-4-23-13/h7-8H,2-6,9H2,1H3,(H,16,17)(H,18,19). The van der Waals surface area contributed by atoms with Crippen molar-refractivity contribution in [1.29, 1.82) is 0 Å². The maximum atomic E-state index is 11.8. The molecule has 23 heavy (non-hydrogen) atoms. The van der Waals surface area contributed by atoms with Crippen LogP contribution in [-0.2, 0) is 14.3 Å². The molecule has 2 N–H and O–H groups in total.